The number of hydrogen-bond donors (Lipinski definition) is 1. The molecule has 0 bridgehead atoms. The van der Waals surface area contributed by atoms with Gasteiger partial charge in [0.05, 0.1) is 12.6 Å². The average molecular weight is 310 g/mol. The van der Waals surface area contributed by atoms with Crippen LogP contribution in [0.5, 0.6) is 0 Å². The van der Waals surface area contributed by atoms with Gasteiger partial charge in [0.15, 0.2) is 5.82 Å². The average Bonchev–Trinajstić information content (AvgIpc) is 2.89. The summed E-state index contributed by atoms with van der Waals surface area (Å²) in [6, 6.07) is 0. The number of nitrogens with zero attached hydrogens (tertiary/aromatic N) is 4. The minimum absolute atomic E-state index is 0.229. The Morgan fingerprint density at radius 2 is 2.00 bits per heavy atom. The first-order chi connectivity index (χ1) is 10.4. The van der Waals surface area contributed by atoms with Gasteiger partial charge in [-0.1, -0.05) is 19.0 Å². The summed E-state index contributed by atoms with van der Waals surface area (Å²) >= 11 is 0. The lowest BCUT2D eigenvalue weighted by Crippen LogP contribution is -2.40. The van der Waals surface area contributed by atoms with E-state index < -0.39 is 0 Å². The molecule has 22 heavy (non-hydrogen) atoms. The number of β-amino-alcohol motifs (C(OH)–C–C–N with tert-alkyl or cyclic N) is 1. The predicted octanol–water partition coefficient (Wildman–Crippen LogP) is 1.72. The van der Waals surface area contributed by atoms with Crippen molar-refractivity contribution in [1.29, 1.82) is 0 Å². The number of piperidine rings is 1. The fourth-order valence-electron chi connectivity index (χ4n) is 3.04. The molecule has 2 rings (SSSR count). The minimum atomic E-state index is -0.229. The molecular formula is C16H30N4O2. The predicted molar refractivity (Wildman–Crippen MR) is 85.6 cm³/mol. The summed E-state index contributed by atoms with van der Waals surface area (Å²) in [5, 5.41) is 13.5. The molecule has 0 aromatic carbocycles. The number of likely N-dealkylation sites (tertiary alicyclic amines) is 1. The van der Waals surface area contributed by atoms with E-state index in [1.807, 2.05) is 6.92 Å². The van der Waals surface area contributed by atoms with Crippen molar-refractivity contribution in [2.75, 3.05) is 33.2 Å². The zero-order chi connectivity index (χ0) is 16.1. The van der Waals surface area contributed by atoms with Crippen LogP contribution in [-0.2, 0) is 6.54 Å². The molecular weight excluding hydrogens is 280 g/mol. The van der Waals surface area contributed by atoms with Crippen LogP contribution in [0.4, 0.5) is 0 Å². The largest absolute Gasteiger partial charge is 0.392 e. The maximum atomic E-state index is 9.45. The van der Waals surface area contributed by atoms with Crippen molar-refractivity contribution < 1.29 is 9.63 Å². The Balaban J connectivity index is 1.72. The molecule has 1 fully saturated rings. The minimum Gasteiger partial charge on any atom is -0.392 e. The Morgan fingerprint density at radius 1 is 1.32 bits per heavy atom. The van der Waals surface area contributed by atoms with Crippen molar-refractivity contribution in [1.82, 2.24) is 19.9 Å². The second-order valence-corrected chi connectivity index (χ2v) is 6.99. The van der Waals surface area contributed by atoms with Gasteiger partial charge in [0, 0.05) is 19.0 Å². The van der Waals surface area contributed by atoms with Gasteiger partial charge in [-0.15, -0.1) is 0 Å². The van der Waals surface area contributed by atoms with E-state index in [2.05, 4.69) is 40.8 Å². The van der Waals surface area contributed by atoms with Crippen LogP contribution < -0.4 is 0 Å². The highest BCUT2D eigenvalue weighted by Gasteiger charge is 2.21. The van der Waals surface area contributed by atoms with Crippen LogP contribution >= 0.6 is 0 Å². The summed E-state index contributed by atoms with van der Waals surface area (Å²) in [5.41, 5.74) is 0. The monoisotopic (exact) mass is 310 g/mol. The number of rotatable bonds is 7. The maximum absolute atomic E-state index is 9.45. The van der Waals surface area contributed by atoms with Gasteiger partial charge in [0.25, 0.3) is 0 Å². The van der Waals surface area contributed by atoms with E-state index in [0.29, 0.717) is 5.92 Å². The molecule has 0 spiro atoms. The lowest BCUT2D eigenvalue weighted by atomic mass is 9.96. The molecule has 2 heterocycles. The van der Waals surface area contributed by atoms with E-state index in [1.165, 1.54) is 12.8 Å². The number of aliphatic hydroxyl groups is 1. The highest BCUT2D eigenvalue weighted by molar-refractivity contribution is 4.90. The van der Waals surface area contributed by atoms with Crippen LogP contribution in [0.25, 0.3) is 0 Å². The van der Waals surface area contributed by atoms with Gasteiger partial charge in [-0.25, -0.2) is 0 Å². The molecule has 0 aliphatic carbocycles. The van der Waals surface area contributed by atoms with Crippen molar-refractivity contribution in [2.45, 2.75) is 52.2 Å². The zero-order valence-corrected chi connectivity index (χ0v) is 14.3. The Labute approximate surface area is 133 Å². The number of hydrogen-bond acceptors (Lipinski definition) is 6. The molecule has 1 unspecified atom stereocenters. The Bertz CT molecular complexity index is 439. The standard InChI is InChI=1S/C16H30N4O2/c1-12(2)16-17-15(18-22-16)11-19(4)10-14-5-7-20(8-6-14)9-13(3)21/h12-14,21H,5-11H2,1-4H3. The van der Waals surface area contributed by atoms with Crippen LogP contribution in [-0.4, -0.2) is 64.4 Å². The Morgan fingerprint density at radius 3 is 2.55 bits per heavy atom. The third-order valence-electron chi connectivity index (χ3n) is 4.19. The highest BCUT2D eigenvalue weighted by Crippen LogP contribution is 2.19. The molecule has 0 amide bonds. The molecule has 1 N–H and O–H groups in total. The number of aromatic nitrogens is 2. The molecule has 6 nitrogen and oxygen atoms in total. The first-order valence-corrected chi connectivity index (χ1v) is 8.35. The smallest absolute Gasteiger partial charge is 0.229 e. The second-order valence-electron chi connectivity index (χ2n) is 6.99. The summed E-state index contributed by atoms with van der Waals surface area (Å²) in [6.45, 7) is 10.7. The molecule has 1 aromatic heterocycles. The summed E-state index contributed by atoms with van der Waals surface area (Å²) in [4.78, 5) is 9.07. The SMILES string of the molecule is CC(O)CN1CCC(CN(C)Cc2noc(C(C)C)n2)CC1. The molecule has 6 heteroatoms. The van der Waals surface area contributed by atoms with Gasteiger partial charge in [-0.3, -0.25) is 4.90 Å². The van der Waals surface area contributed by atoms with E-state index in [4.69, 9.17) is 4.52 Å². The molecule has 1 aromatic rings. The molecule has 1 atom stereocenters. The Hall–Kier alpha value is -0.980. The van der Waals surface area contributed by atoms with Crippen molar-refractivity contribution >= 4 is 0 Å². The van der Waals surface area contributed by atoms with Crippen molar-refractivity contribution in [3.63, 3.8) is 0 Å². The van der Waals surface area contributed by atoms with E-state index in [1.54, 1.807) is 0 Å². The lowest BCUT2D eigenvalue weighted by molar-refractivity contribution is 0.0916. The van der Waals surface area contributed by atoms with Gasteiger partial charge in [0.2, 0.25) is 5.89 Å². The fourth-order valence-corrected chi connectivity index (χ4v) is 3.04. The maximum Gasteiger partial charge on any atom is 0.229 e. The van der Waals surface area contributed by atoms with Gasteiger partial charge >= 0.3 is 0 Å². The van der Waals surface area contributed by atoms with E-state index >= 15 is 0 Å². The molecule has 1 aliphatic heterocycles. The van der Waals surface area contributed by atoms with Gasteiger partial charge in [-0.05, 0) is 45.8 Å². The topological polar surface area (TPSA) is 65.6 Å². The van der Waals surface area contributed by atoms with Crippen LogP contribution in [0.15, 0.2) is 4.52 Å². The second kappa shape index (κ2) is 8.04. The Kier molecular flexibility index (Phi) is 6.35. The first-order valence-electron chi connectivity index (χ1n) is 8.35. The van der Waals surface area contributed by atoms with Crippen LogP contribution in [0.3, 0.4) is 0 Å². The summed E-state index contributed by atoms with van der Waals surface area (Å²) in [7, 11) is 2.12. The summed E-state index contributed by atoms with van der Waals surface area (Å²) < 4.78 is 5.25. The molecule has 0 radical (unpaired) electrons. The molecule has 126 valence electrons. The summed E-state index contributed by atoms with van der Waals surface area (Å²) in [6.07, 6.45) is 2.16. The zero-order valence-electron chi connectivity index (χ0n) is 14.3. The summed E-state index contributed by atoms with van der Waals surface area (Å²) in [5.74, 6) is 2.49. The number of aliphatic hydroxyl groups excluding tert-OH is 1. The van der Waals surface area contributed by atoms with Gasteiger partial charge < -0.3 is 14.5 Å². The van der Waals surface area contributed by atoms with Crippen LogP contribution in [0.2, 0.25) is 0 Å². The van der Waals surface area contributed by atoms with Crippen molar-refractivity contribution in [3.05, 3.63) is 11.7 Å². The van der Waals surface area contributed by atoms with Crippen molar-refractivity contribution in [2.24, 2.45) is 5.92 Å². The molecule has 1 saturated heterocycles. The van der Waals surface area contributed by atoms with E-state index in [0.717, 1.165) is 44.4 Å². The van der Waals surface area contributed by atoms with Crippen LogP contribution in [0.1, 0.15) is 51.2 Å². The van der Waals surface area contributed by atoms with E-state index in [-0.39, 0.29) is 12.0 Å². The fraction of sp³-hybridized carbons (Fsp3) is 0.875. The quantitative estimate of drug-likeness (QED) is 0.827. The van der Waals surface area contributed by atoms with Crippen molar-refractivity contribution in [3.8, 4) is 0 Å². The molecule has 0 saturated carbocycles. The van der Waals surface area contributed by atoms with Crippen LogP contribution in [0, 0.1) is 5.92 Å². The van der Waals surface area contributed by atoms with E-state index in [9.17, 15) is 5.11 Å². The highest BCUT2D eigenvalue weighted by atomic mass is 16.5. The lowest BCUT2D eigenvalue weighted by Gasteiger charge is -2.34. The first kappa shape index (κ1) is 17.4. The van der Waals surface area contributed by atoms with Gasteiger partial charge in [0.1, 0.15) is 0 Å². The normalized spacial score (nSPS) is 19.2. The molecule has 1 aliphatic rings. The van der Waals surface area contributed by atoms with Gasteiger partial charge in [-0.2, -0.15) is 4.98 Å². The third-order valence-corrected chi connectivity index (χ3v) is 4.19. The third kappa shape index (κ3) is 5.34.